The van der Waals surface area contributed by atoms with E-state index >= 15 is 0 Å². The van der Waals surface area contributed by atoms with Gasteiger partial charge in [-0.1, -0.05) is 6.07 Å². The Hall–Kier alpha value is -1.94. The van der Waals surface area contributed by atoms with Crippen LogP contribution in [0.15, 0.2) is 30.6 Å². The second-order valence-corrected chi connectivity index (χ2v) is 4.40. The molecular formula is C14H15N3O. The molecule has 0 unspecified atom stereocenters. The van der Waals surface area contributed by atoms with Crippen molar-refractivity contribution < 1.29 is 4.74 Å². The Kier molecular flexibility index (Phi) is 2.94. The van der Waals surface area contributed by atoms with Crippen LogP contribution in [0.3, 0.4) is 0 Å². The number of aryl methyl sites for hydroxylation is 2. The van der Waals surface area contributed by atoms with E-state index in [4.69, 9.17) is 10.5 Å². The molecule has 3 rings (SSSR count). The largest absolute Gasteiger partial charge is 0.437 e. The zero-order valence-electron chi connectivity index (χ0n) is 10.1. The van der Waals surface area contributed by atoms with E-state index in [0.717, 1.165) is 12.2 Å². The maximum absolute atomic E-state index is 5.77. The molecule has 1 aliphatic carbocycles. The van der Waals surface area contributed by atoms with E-state index < -0.39 is 0 Å². The molecule has 1 heterocycles. The summed E-state index contributed by atoms with van der Waals surface area (Å²) in [5.74, 6) is 1.31. The summed E-state index contributed by atoms with van der Waals surface area (Å²) >= 11 is 0. The van der Waals surface area contributed by atoms with Gasteiger partial charge >= 0.3 is 0 Å². The van der Waals surface area contributed by atoms with Crippen LogP contribution in [0.2, 0.25) is 0 Å². The van der Waals surface area contributed by atoms with Crippen molar-refractivity contribution in [3.8, 4) is 11.6 Å². The zero-order chi connectivity index (χ0) is 12.4. The van der Waals surface area contributed by atoms with Crippen molar-refractivity contribution in [2.45, 2.75) is 25.8 Å². The maximum Gasteiger partial charge on any atom is 0.242 e. The third-order valence-electron chi connectivity index (χ3n) is 3.21. The van der Waals surface area contributed by atoms with Gasteiger partial charge in [0, 0.05) is 18.9 Å². The normalized spacial score (nSPS) is 13.4. The summed E-state index contributed by atoms with van der Waals surface area (Å²) in [6.07, 6.45) is 6.78. The second-order valence-electron chi connectivity index (χ2n) is 4.40. The van der Waals surface area contributed by atoms with Gasteiger partial charge in [-0.25, -0.2) is 4.98 Å². The highest BCUT2D eigenvalue weighted by molar-refractivity contribution is 5.40. The van der Waals surface area contributed by atoms with Crippen LogP contribution in [0, 0.1) is 0 Å². The van der Waals surface area contributed by atoms with Crippen molar-refractivity contribution in [1.29, 1.82) is 0 Å². The van der Waals surface area contributed by atoms with E-state index in [1.54, 1.807) is 12.4 Å². The quantitative estimate of drug-likeness (QED) is 0.895. The number of fused-ring (bicyclic) bond motifs is 1. The number of nitrogens with two attached hydrogens (primary N) is 1. The Morgan fingerprint density at radius 2 is 1.94 bits per heavy atom. The van der Waals surface area contributed by atoms with E-state index in [2.05, 4.69) is 22.1 Å². The molecule has 4 nitrogen and oxygen atoms in total. The fourth-order valence-electron chi connectivity index (χ4n) is 2.30. The van der Waals surface area contributed by atoms with Gasteiger partial charge in [-0.05, 0) is 42.5 Å². The molecule has 0 atom stereocenters. The Bertz CT molecular complexity index is 569. The first-order valence-electron chi connectivity index (χ1n) is 6.16. The van der Waals surface area contributed by atoms with Crippen LogP contribution < -0.4 is 10.5 Å². The fourth-order valence-corrected chi connectivity index (χ4v) is 2.30. The van der Waals surface area contributed by atoms with Gasteiger partial charge in [0.15, 0.2) is 0 Å². The summed E-state index contributed by atoms with van der Waals surface area (Å²) in [6.45, 7) is 0.327. The molecule has 0 saturated carbocycles. The third kappa shape index (κ3) is 2.07. The van der Waals surface area contributed by atoms with Crippen molar-refractivity contribution in [1.82, 2.24) is 9.97 Å². The number of hydrogen-bond acceptors (Lipinski definition) is 4. The molecule has 0 aliphatic heterocycles. The molecule has 18 heavy (non-hydrogen) atoms. The average Bonchev–Trinajstić information content (AvgIpc) is 2.87. The topological polar surface area (TPSA) is 61.0 Å². The monoisotopic (exact) mass is 241 g/mol. The minimum Gasteiger partial charge on any atom is -0.437 e. The van der Waals surface area contributed by atoms with Crippen molar-refractivity contribution in [2.75, 3.05) is 0 Å². The van der Waals surface area contributed by atoms with E-state index in [1.807, 2.05) is 6.07 Å². The molecule has 0 spiro atoms. The van der Waals surface area contributed by atoms with Crippen LogP contribution in [0.5, 0.6) is 11.6 Å². The molecular weight excluding hydrogens is 226 g/mol. The zero-order valence-corrected chi connectivity index (χ0v) is 10.1. The minimum absolute atomic E-state index is 0.327. The first-order valence-corrected chi connectivity index (χ1v) is 6.16. The molecule has 0 bridgehead atoms. The summed E-state index contributed by atoms with van der Waals surface area (Å²) in [5, 5.41) is 0. The highest BCUT2D eigenvalue weighted by Gasteiger charge is 2.12. The van der Waals surface area contributed by atoms with E-state index in [0.29, 0.717) is 18.1 Å². The first kappa shape index (κ1) is 11.2. The second kappa shape index (κ2) is 4.74. The highest BCUT2D eigenvalue weighted by atomic mass is 16.5. The summed E-state index contributed by atoms with van der Waals surface area (Å²) in [5.41, 5.74) is 9.10. The summed E-state index contributed by atoms with van der Waals surface area (Å²) < 4.78 is 5.77. The van der Waals surface area contributed by atoms with Crippen LogP contribution in [0.4, 0.5) is 0 Å². The maximum atomic E-state index is 5.77. The summed E-state index contributed by atoms with van der Waals surface area (Å²) in [4.78, 5) is 8.33. The van der Waals surface area contributed by atoms with Crippen molar-refractivity contribution in [3.63, 3.8) is 0 Å². The van der Waals surface area contributed by atoms with Gasteiger partial charge in [0.2, 0.25) is 5.88 Å². The predicted octanol–water partition coefficient (Wildman–Crippen LogP) is 2.22. The van der Waals surface area contributed by atoms with Gasteiger partial charge in [-0.2, -0.15) is 0 Å². The molecule has 1 aromatic carbocycles. The molecule has 1 aliphatic rings. The van der Waals surface area contributed by atoms with E-state index in [9.17, 15) is 0 Å². The van der Waals surface area contributed by atoms with Crippen LogP contribution in [0.25, 0.3) is 0 Å². The summed E-state index contributed by atoms with van der Waals surface area (Å²) in [6, 6.07) is 6.21. The standard InChI is InChI=1S/C14H15N3O/c15-9-13-14(17-7-6-16-13)18-12-5-4-10-2-1-3-11(10)8-12/h4-8H,1-3,9,15H2. The summed E-state index contributed by atoms with van der Waals surface area (Å²) in [7, 11) is 0. The Labute approximate surface area is 106 Å². The van der Waals surface area contributed by atoms with E-state index in [-0.39, 0.29) is 0 Å². The van der Waals surface area contributed by atoms with Gasteiger partial charge in [-0.15, -0.1) is 0 Å². The first-order chi connectivity index (χ1) is 8.86. The van der Waals surface area contributed by atoms with Crippen LogP contribution in [-0.4, -0.2) is 9.97 Å². The van der Waals surface area contributed by atoms with Gasteiger partial charge < -0.3 is 10.5 Å². The highest BCUT2D eigenvalue weighted by Crippen LogP contribution is 2.28. The van der Waals surface area contributed by atoms with Crippen molar-refractivity contribution in [2.24, 2.45) is 5.73 Å². The van der Waals surface area contributed by atoms with Crippen LogP contribution in [0.1, 0.15) is 23.2 Å². The molecule has 0 saturated heterocycles. The Morgan fingerprint density at radius 3 is 2.83 bits per heavy atom. The van der Waals surface area contributed by atoms with Gasteiger partial charge in [0.25, 0.3) is 0 Å². The molecule has 0 radical (unpaired) electrons. The van der Waals surface area contributed by atoms with Crippen LogP contribution >= 0.6 is 0 Å². The van der Waals surface area contributed by atoms with Crippen molar-refractivity contribution in [3.05, 3.63) is 47.4 Å². The number of rotatable bonds is 3. The molecule has 2 aromatic rings. The van der Waals surface area contributed by atoms with Gasteiger partial charge in [0.05, 0.1) is 0 Å². The van der Waals surface area contributed by atoms with E-state index in [1.165, 1.54) is 24.0 Å². The lowest BCUT2D eigenvalue weighted by atomic mass is 10.1. The molecule has 92 valence electrons. The number of benzene rings is 1. The average molecular weight is 241 g/mol. The Balaban J connectivity index is 1.88. The Morgan fingerprint density at radius 1 is 1.11 bits per heavy atom. The van der Waals surface area contributed by atoms with Gasteiger partial charge in [0.1, 0.15) is 11.4 Å². The molecule has 2 N–H and O–H groups in total. The molecule has 1 aromatic heterocycles. The predicted molar refractivity (Wildman–Crippen MR) is 68.5 cm³/mol. The third-order valence-corrected chi connectivity index (χ3v) is 3.21. The lowest BCUT2D eigenvalue weighted by molar-refractivity contribution is 0.451. The lowest BCUT2D eigenvalue weighted by Crippen LogP contribution is -2.03. The minimum atomic E-state index is 0.327. The number of aromatic nitrogens is 2. The molecule has 4 heteroatoms. The smallest absolute Gasteiger partial charge is 0.242 e. The van der Waals surface area contributed by atoms with Gasteiger partial charge in [-0.3, -0.25) is 4.98 Å². The lowest BCUT2D eigenvalue weighted by Gasteiger charge is -2.09. The molecule has 0 amide bonds. The number of nitrogens with zero attached hydrogens (tertiary/aromatic N) is 2. The fraction of sp³-hybridized carbons (Fsp3) is 0.286. The molecule has 0 fully saturated rings. The number of hydrogen-bond donors (Lipinski definition) is 1. The van der Waals surface area contributed by atoms with Crippen molar-refractivity contribution >= 4 is 0 Å². The SMILES string of the molecule is NCc1nccnc1Oc1ccc2c(c1)CCC2. The van der Waals surface area contributed by atoms with Crippen LogP contribution in [-0.2, 0) is 19.4 Å². The number of ether oxygens (including phenoxy) is 1.